The Kier molecular flexibility index (Phi) is 4.87. The molecule has 0 aliphatic carbocycles. The molecule has 0 aromatic rings. The van der Waals surface area contributed by atoms with E-state index in [1.54, 1.807) is 0 Å². The van der Waals surface area contributed by atoms with Crippen molar-refractivity contribution in [3.63, 3.8) is 0 Å². The summed E-state index contributed by atoms with van der Waals surface area (Å²) in [6.45, 7) is 3.26. The predicted molar refractivity (Wildman–Crippen MR) is 43.7 cm³/mol. The van der Waals surface area contributed by atoms with Crippen LogP contribution in [0.4, 0.5) is 0 Å². The SMILES string of the molecule is C(OCC1CO1)C1CO1.O=[PH](O)O. The van der Waals surface area contributed by atoms with E-state index in [0.29, 0.717) is 12.2 Å². The first kappa shape index (κ1) is 11.1. The molecular weight excluding hydrogens is 199 g/mol. The van der Waals surface area contributed by atoms with Crippen LogP contribution in [-0.2, 0) is 18.8 Å². The van der Waals surface area contributed by atoms with Crippen molar-refractivity contribution in [3.8, 4) is 0 Å². The van der Waals surface area contributed by atoms with Crippen LogP contribution >= 0.6 is 8.25 Å². The molecule has 2 fully saturated rings. The fraction of sp³-hybridized carbons (Fsp3) is 1.00. The zero-order valence-electron chi connectivity index (χ0n) is 7.01. The summed E-state index contributed by atoms with van der Waals surface area (Å²) >= 11 is 0. The number of hydrogen-bond acceptors (Lipinski definition) is 4. The van der Waals surface area contributed by atoms with Crippen LogP contribution in [0, 0.1) is 0 Å². The minimum Gasteiger partial charge on any atom is -0.376 e. The van der Waals surface area contributed by atoms with Crippen LogP contribution in [0.15, 0.2) is 0 Å². The van der Waals surface area contributed by atoms with Gasteiger partial charge in [0.05, 0.1) is 26.4 Å². The topological polar surface area (TPSA) is 91.8 Å². The molecule has 0 bridgehead atoms. The second-order valence-electron chi connectivity index (χ2n) is 2.73. The van der Waals surface area contributed by atoms with Crippen molar-refractivity contribution >= 4 is 8.25 Å². The first-order valence-corrected chi connectivity index (χ1v) is 5.21. The van der Waals surface area contributed by atoms with Crippen molar-refractivity contribution in [2.75, 3.05) is 26.4 Å². The normalized spacial score (nSPS) is 29.5. The van der Waals surface area contributed by atoms with Gasteiger partial charge in [-0.25, -0.2) is 0 Å². The average molecular weight is 212 g/mol. The molecule has 6 nitrogen and oxygen atoms in total. The smallest absolute Gasteiger partial charge is 0.314 e. The third kappa shape index (κ3) is 8.36. The van der Waals surface area contributed by atoms with Crippen LogP contribution in [0.25, 0.3) is 0 Å². The van der Waals surface area contributed by atoms with Crippen LogP contribution < -0.4 is 0 Å². The summed E-state index contributed by atoms with van der Waals surface area (Å²) in [5.74, 6) is 0. The number of hydrogen-bond donors (Lipinski definition) is 2. The van der Waals surface area contributed by atoms with Crippen molar-refractivity contribution < 1.29 is 28.6 Å². The van der Waals surface area contributed by atoms with E-state index in [-0.39, 0.29) is 0 Å². The van der Waals surface area contributed by atoms with Crippen molar-refractivity contribution in [2.45, 2.75) is 12.2 Å². The molecule has 2 atom stereocenters. The fourth-order valence-electron chi connectivity index (χ4n) is 0.659. The molecular formula is C6H13O6P. The maximum absolute atomic E-state index is 8.74. The van der Waals surface area contributed by atoms with Crippen molar-refractivity contribution in [1.29, 1.82) is 0 Å². The van der Waals surface area contributed by atoms with Crippen molar-refractivity contribution in [3.05, 3.63) is 0 Å². The lowest BCUT2D eigenvalue weighted by Gasteiger charge is -1.95. The van der Waals surface area contributed by atoms with Gasteiger partial charge in [-0.3, -0.25) is 4.57 Å². The van der Waals surface area contributed by atoms with Gasteiger partial charge in [-0.05, 0) is 0 Å². The fourth-order valence-corrected chi connectivity index (χ4v) is 0.659. The first-order chi connectivity index (χ1) is 6.18. The number of rotatable bonds is 4. The highest BCUT2D eigenvalue weighted by Gasteiger charge is 2.26. The van der Waals surface area contributed by atoms with Gasteiger partial charge in [0, 0.05) is 0 Å². The highest BCUT2D eigenvalue weighted by molar-refractivity contribution is 7.30. The quantitative estimate of drug-likeness (QED) is 0.466. The molecule has 0 aromatic heterocycles. The highest BCUT2D eigenvalue weighted by atomic mass is 31.1. The molecule has 0 saturated carbocycles. The van der Waals surface area contributed by atoms with Gasteiger partial charge >= 0.3 is 8.25 Å². The molecule has 78 valence electrons. The van der Waals surface area contributed by atoms with Gasteiger partial charge in [-0.15, -0.1) is 0 Å². The third-order valence-electron chi connectivity index (χ3n) is 1.41. The molecule has 7 heteroatoms. The first-order valence-electron chi connectivity index (χ1n) is 3.91. The molecule has 2 unspecified atom stereocenters. The monoisotopic (exact) mass is 212 g/mol. The maximum atomic E-state index is 8.74. The average Bonchev–Trinajstić information content (AvgIpc) is 2.78. The van der Waals surface area contributed by atoms with Gasteiger partial charge in [-0.1, -0.05) is 0 Å². The Labute approximate surface area is 76.4 Å². The molecule has 13 heavy (non-hydrogen) atoms. The predicted octanol–water partition coefficient (Wildman–Crippen LogP) is -0.839. The van der Waals surface area contributed by atoms with Gasteiger partial charge in [0.2, 0.25) is 0 Å². The number of epoxide rings is 2. The Hall–Kier alpha value is 0.0300. The van der Waals surface area contributed by atoms with Gasteiger partial charge in [0.25, 0.3) is 0 Å². The maximum Gasteiger partial charge on any atom is 0.314 e. The zero-order chi connectivity index (χ0) is 9.68. The molecule has 0 aromatic carbocycles. The van der Waals surface area contributed by atoms with E-state index < -0.39 is 8.25 Å². The highest BCUT2D eigenvalue weighted by Crippen LogP contribution is 2.12. The minimum absolute atomic E-state index is 0.392. The molecule has 2 rings (SSSR count). The summed E-state index contributed by atoms with van der Waals surface area (Å²) < 4.78 is 23.9. The van der Waals surface area contributed by atoms with Crippen LogP contribution in [0.3, 0.4) is 0 Å². The number of ether oxygens (including phenoxy) is 3. The summed E-state index contributed by atoms with van der Waals surface area (Å²) in [7, 11) is -3.13. The summed E-state index contributed by atoms with van der Waals surface area (Å²) in [4.78, 5) is 14.3. The van der Waals surface area contributed by atoms with Crippen molar-refractivity contribution in [1.82, 2.24) is 0 Å². The van der Waals surface area contributed by atoms with E-state index in [1.807, 2.05) is 0 Å². The van der Waals surface area contributed by atoms with Gasteiger partial charge in [0.15, 0.2) is 0 Å². The van der Waals surface area contributed by atoms with Crippen molar-refractivity contribution in [2.24, 2.45) is 0 Å². The van der Waals surface area contributed by atoms with Crippen LogP contribution in [0.1, 0.15) is 0 Å². The van der Waals surface area contributed by atoms with Gasteiger partial charge in [0.1, 0.15) is 12.2 Å². The standard InChI is InChI=1S/C6H10O3.H3O3P/c1(5-3-8-5)7-2-6-4-9-6;1-4(2)3/h5-6H,1-4H2;4H,(H2,1,2,3). The van der Waals surface area contributed by atoms with E-state index in [9.17, 15) is 0 Å². The lowest BCUT2D eigenvalue weighted by Crippen LogP contribution is -2.06. The van der Waals surface area contributed by atoms with Crippen LogP contribution in [-0.4, -0.2) is 48.4 Å². The second-order valence-corrected chi connectivity index (χ2v) is 3.30. The van der Waals surface area contributed by atoms with E-state index in [1.165, 1.54) is 0 Å². The zero-order valence-corrected chi connectivity index (χ0v) is 8.01. The Morgan fingerprint density at radius 3 is 1.77 bits per heavy atom. The molecule has 0 amide bonds. The minimum atomic E-state index is -3.13. The second kappa shape index (κ2) is 5.70. The van der Waals surface area contributed by atoms with E-state index in [2.05, 4.69) is 0 Å². The Balaban J connectivity index is 0.000000184. The molecule has 2 aliphatic rings. The molecule has 2 N–H and O–H groups in total. The summed E-state index contributed by atoms with van der Waals surface area (Å²) in [6.07, 6.45) is 0.785. The van der Waals surface area contributed by atoms with Gasteiger partial charge in [-0.2, -0.15) is 0 Å². The molecule has 0 spiro atoms. The Morgan fingerprint density at radius 1 is 1.23 bits per heavy atom. The third-order valence-corrected chi connectivity index (χ3v) is 1.41. The summed E-state index contributed by atoms with van der Waals surface area (Å²) in [5, 5.41) is 0. The molecule has 2 aliphatic heterocycles. The Bertz CT molecular complexity index is 151. The summed E-state index contributed by atoms with van der Waals surface area (Å²) in [5.41, 5.74) is 0. The molecule has 0 radical (unpaired) electrons. The lowest BCUT2D eigenvalue weighted by atomic mass is 10.5. The lowest BCUT2D eigenvalue weighted by molar-refractivity contribution is 0.102. The van der Waals surface area contributed by atoms with E-state index >= 15 is 0 Å². The Morgan fingerprint density at radius 2 is 1.54 bits per heavy atom. The summed E-state index contributed by atoms with van der Waals surface area (Å²) in [6, 6.07) is 0. The van der Waals surface area contributed by atoms with Crippen LogP contribution in [0.2, 0.25) is 0 Å². The van der Waals surface area contributed by atoms with Gasteiger partial charge < -0.3 is 24.0 Å². The van der Waals surface area contributed by atoms with E-state index in [0.717, 1.165) is 26.4 Å². The largest absolute Gasteiger partial charge is 0.376 e. The van der Waals surface area contributed by atoms with E-state index in [4.69, 9.17) is 28.6 Å². The van der Waals surface area contributed by atoms with Crippen LogP contribution in [0.5, 0.6) is 0 Å². The molecule has 2 heterocycles. The molecule has 2 saturated heterocycles.